The quantitative estimate of drug-likeness (QED) is 0.567. The van der Waals surface area contributed by atoms with Gasteiger partial charge in [-0.05, 0) is 13.8 Å². The molecule has 0 N–H and O–H groups in total. The second-order valence-corrected chi connectivity index (χ2v) is 3.58. The van der Waals surface area contributed by atoms with Gasteiger partial charge in [0.05, 0.1) is 13.2 Å². The molecule has 2 aliphatic heterocycles. The normalized spacial score (nSPS) is 33.9. The third-order valence-corrected chi connectivity index (χ3v) is 2.49. The Balaban J connectivity index is 1.90. The molecule has 82 valence electrons. The van der Waals surface area contributed by atoms with Gasteiger partial charge in [-0.15, -0.1) is 0 Å². The molecule has 2 heterocycles. The SMILES string of the molecule is CCOC(C1CO1)C(OCC)C1CO1. The van der Waals surface area contributed by atoms with Crippen LogP contribution in [0.15, 0.2) is 0 Å². The van der Waals surface area contributed by atoms with E-state index in [9.17, 15) is 0 Å². The molecule has 0 amide bonds. The third-order valence-electron chi connectivity index (χ3n) is 2.49. The van der Waals surface area contributed by atoms with E-state index in [4.69, 9.17) is 18.9 Å². The second kappa shape index (κ2) is 4.57. The Bertz CT molecular complexity index is 157. The van der Waals surface area contributed by atoms with E-state index in [0.29, 0.717) is 13.2 Å². The van der Waals surface area contributed by atoms with Gasteiger partial charge in [0.15, 0.2) is 0 Å². The fourth-order valence-electron chi connectivity index (χ4n) is 1.70. The Morgan fingerprint density at radius 2 is 1.36 bits per heavy atom. The van der Waals surface area contributed by atoms with Gasteiger partial charge in [0, 0.05) is 13.2 Å². The molecule has 0 spiro atoms. The Labute approximate surface area is 84.5 Å². The summed E-state index contributed by atoms with van der Waals surface area (Å²) in [6, 6.07) is 0. The zero-order valence-corrected chi connectivity index (χ0v) is 8.77. The first kappa shape index (κ1) is 10.4. The van der Waals surface area contributed by atoms with Gasteiger partial charge in [0.1, 0.15) is 24.4 Å². The smallest absolute Gasteiger partial charge is 0.115 e. The second-order valence-electron chi connectivity index (χ2n) is 3.58. The summed E-state index contributed by atoms with van der Waals surface area (Å²) in [5.74, 6) is 0. The summed E-state index contributed by atoms with van der Waals surface area (Å²) in [5, 5.41) is 0. The van der Waals surface area contributed by atoms with Crippen molar-refractivity contribution >= 4 is 0 Å². The molecule has 0 bridgehead atoms. The molecule has 4 unspecified atom stereocenters. The standard InChI is InChI=1S/C10H18O4/c1-3-11-9(7-5-13-7)10(12-4-2)8-6-14-8/h7-10H,3-6H2,1-2H3. The van der Waals surface area contributed by atoms with E-state index in [1.165, 1.54) is 0 Å². The molecule has 0 aromatic rings. The van der Waals surface area contributed by atoms with E-state index in [1.54, 1.807) is 0 Å². The minimum atomic E-state index is 0.0486. The Morgan fingerprint density at radius 1 is 1.00 bits per heavy atom. The van der Waals surface area contributed by atoms with E-state index in [0.717, 1.165) is 13.2 Å². The molecule has 2 rings (SSSR count). The summed E-state index contributed by atoms with van der Waals surface area (Å²) in [6.45, 7) is 6.96. The van der Waals surface area contributed by atoms with E-state index >= 15 is 0 Å². The summed E-state index contributed by atoms with van der Waals surface area (Å²) < 4.78 is 21.8. The van der Waals surface area contributed by atoms with E-state index in [-0.39, 0.29) is 24.4 Å². The summed E-state index contributed by atoms with van der Waals surface area (Å²) in [7, 11) is 0. The summed E-state index contributed by atoms with van der Waals surface area (Å²) in [5.41, 5.74) is 0. The van der Waals surface area contributed by atoms with Gasteiger partial charge in [0.25, 0.3) is 0 Å². The van der Waals surface area contributed by atoms with Crippen molar-refractivity contribution in [1.82, 2.24) is 0 Å². The highest BCUT2D eigenvalue weighted by Crippen LogP contribution is 2.28. The van der Waals surface area contributed by atoms with E-state index in [1.807, 2.05) is 13.8 Å². The van der Waals surface area contributed by atoms with Crippen LogP contribution in [0.1, 0.15) is 13.8 Å². The van der Waals surface area contributed by atoms with E-state index < -0.39 is 0 Å². The van der Waals surface area contributed by atoms with E-state index in [2.05, 4.69) is 0 Å². The lowest BCUT2D eigenvalue weighted by molar-refractivity contribution is -0.0866. The highest BCUT2D eigenvalue weighted by molar-refractivity contribution is 4.94. The predicted octanol–water partition coefficient (Wildman–Crippen LogP) is 0.594. The van der Waals surface area contributed by atoms with Gasteiger partial charge in [-0.1, -0.05) is 0 Å². The van der Waals surface area contributed by atoms with Gasteiger partial charge in [-0.2, -0.15) is 0 Å². The molecule has 2 aliphatic rings. The lowest BCUT2D eigenvalue weighted by atomic mass is 10.1. The van der Waals surface area contributed by atoms with Gasteiger partial charge < -0.3 is 18.9 Å². The molecule has 0 aliphatic carbocycles. The summed E-state index contributed by atoms with van der Waals surface area (Å²) in [4.78, 5) is 0. The van der Waals surface area contributed by atoms with Gasteiger partial charge in [-0.25, -0.2) is 0 Å². The number of hydrogen-bond acceptors (Lipinski definition) is 4. The van der Waals surface area contributed by atoms with Crippen LogP contribution in [0.2, 0.25) is 0 Å². The van der Waals surface area contributed by atoms with Crippen molar-refractivity contribution < 1.29 is 18.9 Å². The van der Waals surface area contributed by atoms with Crippen LogP contribution in [0.25, 0.3) is 0 Å². The van der Waals surface area contributed by atoms with Crippen molar-refractivity contribution in [3.63, 3.8) is 0 Å². The first-order chi connectivity index (χ1) is 6.86. The maximum atomic E-state index is 5.65. The molecule has 2 fully saturated rings. The molecule has 0 aromatic heterocycles. The molecule has 0 radical (unpaired) electrons. The van der Waals surface area contributed by atoms with Crippen molar-refractivity contribution in [2.24, 2.45) is 0 Å². The Morgan fingerprint density at radius 3 is 1.57 bits per heavy atom. The topological polar surface area (TPSA) is 43.5 Å². The van der Waals surface area contributed by atoms with Crippen LogP contribution in [0.4, 0.5) is 0 Å². The molecule has 0 saturated carbocycles. The maximum Gasteiger partial charge on any atom is 0.115 e. The molecule has 14 heavy (non-hydrogen) atoms. The fourth-order valence-corrected chi connectivity index (χ4v) is 1.70. The van der Waals surface area contributed by atoms with Gasteiger partial charge >= 0.3 is 0 Å². The molecule has 4 heteroatoms. The van der Waals surface area contributed by atoms with Crippen LogP contribution in [0, 0.1) is 0 Å². The zero-order chi connectivity index (χ0) is 9.97. The van der Waals surface area contributed by atoms with Crippen LogP contribution < -0.4 is 0 Å². The van der Waals surface area contributed by atoms with Crippen molar-refractivity contribution in [2.45, 2.75) is 38.3 Å². The highest BCUT2D eigenvalue weighted by atomic mass is 16.6. The molecule has 4 atom stereocenters. The fraction of sp³-hybridized carbons (Fsp3) is 1.00. The zero-order valence-electron chi connectivity index (χ0n) is 8.77. The third kappa shape index (κ3) is 2.45. The van der Waals surface area contributed by atoms with Crippen molar-refractivity contribution in [3.05, 3.63) is 0 Å². The van der Waals surface area contributed by atoms with Crippen LogP contribution in [-0.2, 0) is 18.9 Å². The largest absolute Gasteiger partial charge is 0.373 e. The van der Waals surface area contributed by atoms with Crippen molar-refractivity contribution in [1.29, 1.82) is 0 Å². The average Bonchev–Trinajstić information content (AvgIpc) is 3.05. The van der Waals surface area contributed by atoms with Gasteiger partial charge in [-0.3, -0.25) is 0 Å². The predicted molar refractivity (Wildman–Crippen MR) is 50.3 cm³/mol. The number of epoxide rings is 2. The molecule has 0 aromatic carbocycles. The Hall–Kier alpha value is -0.160. The monoisotopic (exact) mass is 202 g/mol. The number of rotatable bonds is 7. The molecular weight excluding hydrogens is 184 g/mol. The van der Waals surface area contributed by atoms with Gasteiger partial charge in [0.2, 0.25) is 0 Å². The lowest BCUT2D eigenvalue weighted by Gasteiger charge is -2.24. The van der Waals surface area contributed by atoms with Crippen LogP contribution in [0.3, 0.4) is 0 Å². The Kier molecular flexibility index (Phi) is 3.38. The van der Waals surface area contributed by atoms with Crippen molar-refractivity contribution in [2.75, 3.05) is 26.4 Å². The first-order valence-electron chi connectivity index (χ1n) is 5.33. The van der Waals surface area contributed by atoms with Crippen LogP contribution in [0.5, 0.6) is 0 Å². The first-order valence-corrected chi connectivity index (χ1v) is 5.33. The van der Waals surface area contributed by atoms with Crippen LogP contribution in [-0.4, -0.2) is 50.8 Å². The minimum absolute atomic E-state index is 0.0486. The summed E-state index contributed by atoms with van der Waals surface area (Å²) in [6.07, 6.45) is 0.534. The van der Waals surface area contributed by atoms with Crippen LogP contribution >= 0.6 is 0 Å². The number of ether oxygens (including phenoxy) is 4. The molecule has 2 saturated heterocycles. The maximum absolute atomic E-state index is 5.65. The highest BCUT2D eigenvalue weighted by Gasteiger charge is 2.47. The molecule has 4 nitrogen and oxygen atoms in total. The summed E-state index contributed by atoms with van der Waals surface area (Å²) >= 11 is 0. The average molecular weight is 202 g/mol. The lowest BCUT2D eigenvalue weighted by Crippen LogP contribution is -2.40. The molecular formula is C10H18O4. The number of hydrogen-bond donors (Lipinski definition) is 0. The van der Waals surface area contributed by atoms with Crippen molar-refractivity contribution in [3.8, 4) is 0 Å². The minimum Gasteiger partial charge on any atom is -0.373 e.